The first kappa shape index (κ1) is 40.8. The minimum Gasteiger partial charge on any atom is -0.492 e. The highest BCUT2D eigenvalue weighted by Crippen LogP contribution is 2.27. The van der Waals surface area contributed by atoms with Gasteiger partial charge in [0.05, 0.1) is 18.1 Å². The molecule has 5 aliphatic heterocycles. The Bertz CT molecular complexity index is 2110. The predicted molar refractivity (Wildman–Crippen MR) is 216 cm³/mol. The van der Waals surface area contributed by atoms with Crippen LogP contribution < -0.4 is 25.4 Å². The number of benzene rings is 3. The number of rotatable bonds is 6. The van der Waals surface area contributed by atoms with Gasteiger partial charge in [-0.15, -0.1) is 0 Å². The zero-order valence-corrected chi connectivity index (χ0v) is 33.6. The first-order valence-corrected chi connectivity index (χ1v) is 19.3. The van der Waals surface area contributed by atoms with Gasteiger partial charge in [-0.1, -0.05) is 69.6 Å². The Hall–Kier alpha value is -5.89. The fourth-order valence-corrected chi connectivity index (χ4v) is 6.36. The second-order valence-electron chi connectivity index (χ2n) is 15.2. The number of amides is 2. The van der Waals surface area contributed by atoms with E-state index >= 15 is 0 Å². The molecule has 9 rings (SSSR count). The first-order valence-electron chi connectivity index (χ1n) is 18.9. The van der Waals surface area contributed by atoms with E-state index in [2.05, 4.69) is 56.9 Å². The van der Waals surface area contributed by atoms with Crippen molar-refractivity contribution in [1.29, 1.82) is 0 Å². The molecule has 57 heavy (non-hydrogen) atoms. The van der Waals surface area contributed by atoms with Crippen molar-refractivity contribution < 1.29 is 33.3 Å². The number of halogens is 1. The maximum atomic E-state index is 13.4. The smallest absolute Gasteiger partial charge is 0.410 e. The highest BCUT2D eigenvalue weighted by molar-refractivity contribution is 6.32. The van der Waals surface area contributed by atoms with E-state index in [0.717, 1.165) is 16.7 Å². The van der Waals surface area contributed by atoms with Crippen molar-refractivity contribution in [2.24, 2.45) is 5.41 Å². The summed E-state index contributed by atoms with van der Waals surface area (Å²) in [6.45, 7) is 11.5. The lowest BCUT2D eigenvalue weighted by Gasteiger charge is -2.32. The van der Waals surface area contributed by atoms with Crippen molar-refractivity contribution in [3.63, 3.8) is 0 Å². The molecular weight excluding hydrogens is 750 g/mol. The molecule has 0 radical (unpaired) electrons. The predicted octanol–water partition coefficient (Wildman–Crippen LogP) is 7.78. The Morgan fingerprint density at radius 1 is 0.965 bits per heavy atom. The average Bonchev–Trinajstić information content (AvgIpc) is 3.52. The lowest BCUT2D eigenvalue weighted by Crippen LogP contribution is -2.45. The van der Waals surface area contributed by atoms with E-state index in [1.807, 2.05) is 32.0 Å². The van der Waals surface area contributed by atoms with Crippen LogP contribution >= 0.6 is 11.6 Å². The number of anilines is 3. The lowest BCUT2D eigenvalue weighted by molar-refractivity contribution is -0.137. The van der Waals surface area contributed by atoms with E-state index in [0.29, 0.717) is 53.2 Å². The fourth-order valence-electron chi connectivity index (χ4n) is 6.10. The third-order valence-corrected chi connectivity index (χ3v) is 9.66. The number of carbonyl (C=O) groups excluding carboxylic acids is 3. The third kappa shape index (κ3) is 11.6. The quantitative estimate of drug-likeness (QED) is 0.163. The lowest BCUT2D eigenvalue weighted by atomic mass is 9.92. The minimum absolute atomic E-state index is 0.128. The molecular formula is C42H48ClN7O7. The van der Waals surface area contributed by atoms with Crippen LogP contribution in [0.1, 0.15) is 80.4 Å². The SMILES string of the molecule is CC1=C(COC(=O)N2CCCOc3ccc(cc3Cl)CNc3nc(nc(OCc4ccc(C(C)C)cc4)n3)Nc3ccc(cc3)C(=O)NCC(C)(C)C2)OC(=O)C1. The first-order chi connectivity index (χ1) is 27.3. The molecule has 0 saturated heterocycles. The summed E-state index contributed by atoms with van der Waals surface area (Å²) in [5.74, 6) is 1.13. The molecule has 5 aliphatic rings. The fraction of sp³-hybridized carbons (Fsp3) is 0.381. The maximum absolute atomic E-state index is 13.4. The number of esters is 1. The summed E-state index contributed by atoms with van der Waals surface area (Å²) in [4.78, 5) is 53.5. The van der Waals surface area contributed by atoms with Crippen LogP contribution in [0.4, 0.5) is 22.4 Å². The van der Waals surface area contributed by atoms with Gasteiger partial charge in [-0.05, 0) is 83.3 Å². The summed E-state index contributed by atoms with van der Waals surface area (Å²) in [7, 11) is 0. The summed E-state index contributed by atoms with van der Waals surface area (Å²) < 4.78 is 22.9. The van der Waals surface area contributed by atoms with Crippen LogP contribution in [0.2, 0.25) is 5.02 Å². The molecule has 4 aromatic rings. The number of ether oxygens (including phenoxy) is 4. The van der Waals surface area contributed by atoms with Gasteiger partial charge in [0, 0.05) is 37.4 Å². The van der Waals surface area contributed by atoms with Crippen molar-refractivity contribution in [1.82, 2.24) is 25.2 Å². The second-order valence-corrected chi connectivity index (χ2v) is 15.6. The topological polar surface area (TPSA) is 166 Å². The number of hydrogen-bond donors (Lipinski definition) is 3. The molecule has 0 aliphatic carbocycles. The van der Waals surface area contributed by atoms with Crippen molar-refractivity contribution in [2.45, 2.75) is 66.5 Å². The molecule has 6 bridgehead atoms. The number of carbonyl (C=O) groups is 3. The van der Waals surface area contributed by atoms with Gasteiger partial charge in [0.2, 0.25) is 11.9 Å². The van der Waals surface area contributed by atoms with Crippen LogP contribution in [0.25, 0.3) is 0 Å². The van der Waals surface area contributed by atoms with Gasteiger partial charge < -0.3 is 39.8 Å². The highest BCUT2D eigenvalue weighted by atomic mass is 35.5. The van der Waals surface area contributed by atoms with Crippen LogP contribution in [0.5, 0.6) is 11.8 Å². The van der Waals surface area contributed by atoms with Crippen LogP contribution in [-0.4, -0.2) is 70.7 Å². The summed E-state index contributed by atoms with van der Waals surface area (Å²) in [5, 5.41) is 9.85. The van der Waals surface area contributed by atoms with Gasteiger partial charge in [-0.3, -0.25) is 9.59 Å². The molecule has 0 fully saturated rings. The Morgan fingerprint density at radius 2 is 1.72 bits per heavy atom. The standard InChI is InChI=1S/C42H48ClN7O7/c1-26(2)30-10-7-28(8-11-30)22-55-40-48-38-44-21-29-9-16-34(33(43)20-29)54-18-6-17-50(41(53)56-23-35-27(3)19-36(51)57-35)25-42(4,5)24-45-37(52)31-12-14-32(15-13-31)46-39(47-38)49-40/h7-16,20,26H,6,17-19,21-25H2,1-5H3,(H,45,52)(H2,44,46,47,48,49). The van der Waals surface area contributed by atoms with Crippen molar-refractivity contribution >= 4 is 47.2 Å². The normalized spacial score (nSPS) is 16.2. The molecule has 3 aromatic carbocycles. The molecule has 1 aromatic heterocycles. The average molecular weight is 798 g/mol. The monoisotopic (exact) mass is 797 g/mol. The summed E-state index contributed by atoms with van der Waals surface area (Å²) in [6.07, 6.45) is 0.0593. The van der Waals surface area contributed by atoms with Crippen LogP contribution in [-0.2, 0) is 27.4 Å². The molecule has 2 amide bonds. The number of hydrogen-bond acceptors (Lipinski definition) is 12. The zero-order chi connectivity index (χ0) is 40.5. The molecule has 6 heterocycles. The van der Waals surface area contributed by atoms with Gasteiger partial charge in [0.15, 0.2) is 6.61 Å². The van der Waals surface area contributed by atoms with Crippen molar-refractivity contribution in [3.8, 4) is 11.8 Å². The van der Waals surface area contributed by atoms with E-state index in [1.165, 1.54) is 5.56 Å². The van der Waals surface area contributed by atoms with E-state index in [9.17, 15) is 14.4 Å². The van der Waals surface area contributed by atoms with Crippen molar-refractivity contribution in [3.05, 3.63) is 105 Å². The van der Waals surface area contributed by atoms with Crippen LogP contribution in [0, 0.1) is 5.41 Å². The Kier molecular flexibility index (Phi) is 13.1. The molecule has 0 saturated carbocycles. The second kappa shape index (κ2) is 18.4. The third-order valence-electron chi connectivity index (χ3n) is 9.36. The summed E-state index contributed by atoms with van der Waals surface area (Å²) in [5.41, 5.74) is 4.33. The Balaban J connectivity index is 1.20. The maximum Gasteiger partial charge on any atom is 0.410 e. The number of nitrogens with zero attached hydrogens (tertiary/aromatic N) is 4. The number of cyclic esters (lactones) is 1. The molecule has 3 N–H and O–H groups in total. The number of nitrogens with one attached hydrogen (secondary N) is 3. The van der Waals surface area contributed by atoms with E-state index in [1.54, 1.807) is 48.2 Å². The van der Waals surface area contributed by atoms with E-state index in [-0.39, 0.29) is 69.1 Å². The highest BCUT2D eigenvalue weighted by Gasteiger charge is 2.28. The molecule has 15 heteroatoms. The minimum atomic E-state index is -0.574. The Labute approximate surface area is 337 Å². The van der Waals surface area contributed by atoms with Gasteiger partial charge in [0.25, 0.3) is 5.91 Å². The van der Waals surface area contributed by atoms with Crippen LogP contribution in [0.3, 0.4) is 0 Å². The molecule has 300 valence electrons. The molecule has 0 unspecified atom stereocenters. The Morgan fingerprint density at radius 3 is 2.42 bits per heavy atom. The summed E-state index contributed by atoms with van der Waals surface area (Å²) >= 11 is 6.65. The zero-order valence-electron chi connectivity index (χ0n) is 32.8. The molecule has 0 atom stereocenters. The molecule has 0 spiro atoms. The van der Waals surface area contributed by atoms with Gasteiger partial charge in [0.1, 0.15) is 18.1 Å². The van der Waals surface area contributed by atoms with Crippen molar-refractivity contribution in [2.75, 3.05) is 43.5 Å². The van der Waals surface area contributed by atoms with Gasteiger partial charge >= 0.3 is 18.1 Å². The molecule has 14 nitrogen and oxygen atoms in total. The van der Waals surface area contributed by atoms with E-state index in [4.69, 9.17) is 30.5 Å². The summed E-state index contributed by atoms with van der Waals surface area (Å²) in [6, 6.07) is 20.8. The van der Waals surface area contributed by atoms with E-state index < -0.39 is 11.5 Å². The number of aromatic nitrogens is 3. The van der Waals surface area contributed by atoms with Gasteiger partial charge in [-0.25, -0.2) is 4.79 Å². The van der Waals surface area contributed by atoms with Gasteiger partial charge in [-0.2, -0.15) is 15.0 Å². The largest absolute Gasteiger partial charge is 0.492 e. The van der Waals surface area contributed by atoms with Crippen LogP contribution in [0.15, 0.2) is 78.1 Å².